The normalized spacial score (nSPS) is 14.3. The van der Waals surface area contributed by atoms with E-state index in [-0.39, 0.29) is 16.3 Å². The number of hydrogen-bond donors (Lipinski definition) is 1. The molecule has 1 saturated heterocycles. The number of barbiturate groups is 1. The van der Waals surface area contributed by atoms with Crippen LogP contribution in [0.25, 0.3) is 6.08 Å². The van der Waals surface area contributed by atoms with Gasteiger partial charge in [-0.05, 0) is 60.0 Å². The van der Waals surface area contributed by atoms with Gasteiger partial charge in [0.25, 0.3) is 11.8 Å². The molecule has 3 aromatic rings. The van der Waals surface area contributed by atoms with Crippen LogP contribution < -0.4 is 24.4 Å². The van der Waals surface area contributed by atoms with Crippen LogP contribution in [0.3, 0.4) is 0 Å². The number of imide groups is 2. The summed E-state index contributed by atoms with van der Waals surface area (Å²) in [7, 11) is 1.48. The van der Waals surface area contributed by atoms with Crippen molar-refractivity contribution in [1.29, 1.82) is 0 Å². The predicted molar refractivity (Wildman–Crippen MR) is 154 cm³/mol. The maximum Gasteiger partial charge on any atom is 0.335 e. The second-order valence-corrected chi connectivity index (χ2v) is 9.58. The molecule has 208 valence electrons. The second-order valence-electron chi connectivity index (χ2n) is 9.17. The predicted octanol–water partition coefficient (Wildman–Crippen LogP) is 6.55. The standard InChI is InChI=1S/C31H31ClN2O6/c1-3-4-5-9-16-39-28-26(32)18-22(19-27(28)38-2)17-25-29(35)33-31(37)34(30(25)36)23-12-14-24(15-13-23)40-20-21-10-7-6-8-11-21/h6-8,10-15,17-19H,3-5,9,16,20H2,1-2H3,(H,33,35,37)/b25-17-. The monoisotopic (exact) mass is 562 g/mol. The van der Waals surface area contributed by atoms with Gasteiger partial charge < -0.3 is 14.2 Å². The molecular formula is C31H31ClN2O6. The molecule has 40 heavy (non-hydrogen) atoms. The van der Waals surface area contributed by atoms with E-state index in [4.69, 9.17) is 25.8 Å². The SMILES string of the molecule is CCCCCCOc1c(Cl)cc(/C=C2/C(=O)NC(=O)N(c3ccc(OCc4ccccc4)cc3)C2=O)cc1OC. The summed E-state index contributed by atoms with van der Waals surface area (Å²) < 4.78 is 17.1. The summed E-state index contributed by atoms with van der Waals surface area (Å²) in [6, 6.07) is 18.5. The van der Waals surface area contributed by atoms with E-state index in [9.17, 15) is 14.4 Å². The zero-order chi connectivity index (χ0) is 28.5. The first kappa shape index (κ1) is 28.7. The van der Waals surface area contributed by atoms with Gasteiger partial charge in [0.05, 0.1) is 24.4 Å². The van der Waals surface area contributed by atoms with E-state index in [2.05, 4.69) is 12.2 Å². The number of anilines is 1. The molecular weight excluding hydrogens is 532 g/mol. The van der Waals surface area contributed by atoms with Gasteiger partial charge in [-0.1, -0.05) is 68.1 Å². The van der Waals surface area contributed by atoms with Gasteiger partial charge in [-0.15, -0.1) is 0 Å². The van der Waals surface area contributed by atoms with Gasteiger partial charge in [-0.2, -0.15) is 0 Å². The lowest BCUT2D eigenvalue weighted by molar-refractivity contribution is -0.122. The summed E-state index contributed by atoms with van der Waals surface area (Å²) in [6.45, 7) is 3.00. The van der Waals surface area contributed by atoms with E-state index < -0.39 is 17.8 Å². The smallest absolute Gasteiger partial charge is 0.335 e. The molecule has 3 aromatic carbocycles. The fraction of sp³-hybridized carbons (Fsp3) is 0.258. The van der Waals surface area contributed by atoms with Gasteiger partial charge >= 0.3 is 6.03 Å². The Kier molecular flexibility index (Phi) is 9.81. The summed E-state index contributed by atoms with van der Waals surface area (Å²) in [5.41, 5.74) is 1.51. The molecule has 0 unspecified atom stereocenters. The molecule has 0 aromatic heterocycles. The lowest BCUT2D eigenvalue weighted by atomic mass is 10.1. The third-order valence-electron chi connectivity index (χ3n) is 6.25. The number of methoxy groups -OCH3 is 1. The molecule has 8 nitrogen and oxygen atoms in total. The lowest BCUT2D eigenvalue weighted by Gasteiger charge is -2.26. The zero-order valence-corrected chi connectivity index (χ0v) is 23.2. The van der Waals surface area contributed by atoms with E-state index in [0.29, 0.717) is 36.0 Å². The topological polar surface area (TPSA) is 94.2 Å². The number of carbonyl (C=O) groups is 3. The summed E-state index contributed by atoms with van der Waals surface area (Å²) in [6.07, 6.45) is 5.56. The molecule has 0 atom stereocenters. The van der Waals surface area contributed by atoms with Crippen LogP contribution in [-0.2, 0) is 16.2 Å². The van der Waals surface area contributed by atoms with Crippen LogP contribution in [0, 0.1) is 0 Å². The molecule has 4 rings (SSSR count). The van der Waals surface area contributed by atoms with E-state index in [1.807, 2.05) is 30.3 Å². The first-order chi connectivity index (χ1) is 19.4. The molecule has 0 radical (unpaired) electrons. The van der Waals surface area contributed by atoms with Crippen molar-refractivity contribution in [2.75, 3.05) is 18.6 Å². The third kappa shape index (κ3) is 7.01. The second kappa shape index (κ2) is 13.7. The minimum atomic E-state index is -0.840. The van der Waals surface area contributed by atoms with Crippen molar-refractivity contribution < 1.29 is 28.6 Å². The minimum absolute atomic E-state index is 0.227. The highest BCUT2D eigenvalue weighted by atomic mass is 35.5. The number of nitrogens with one attached hydrogen (secondary N) is 1. The van der Waals surface area contributed by atoms with Crippen molar-refractivity contribution in [1.82, 2.24) is 5.32 Å². The Morgan fingerprint density at radius 3 is 2.38 bits per heavy atom. The van der Waals surface area contributed by atoms with Gasteiger partial charge in [0, 0.05) is 0 Å². The number of ether oxygens (including phenoxy) is 3. The molecule has 0 saturated carbocycles. The molecule has 9 heteroatoms. The number of unbranched alkanes of at least 4 members (excludes halogenated alkanes) is 3. The quantitative estimate of drug-likeness (QED) is 0.153. The highest BCUT2D eigenvalue weighted by Gasteiger charge is 2.37. The Balaban J connectivity index is 1.51. The Morgan fingerprint density at radius 2 is 1.68 bits per heavy atom. The molecule has 1 aliphatic rings. The van der Waals surface area contributed by atoms with Crippen molar-refractivity contribution in [3.8, 4) is 17.2 Å². The molecule has 1 fully saturated rings. The van der Waals surface area contributed by atoms with Crippen LogP contribution in [0.15, 0.2) is 72.3 Å². The molecule has 1 aliphatic heterocycles. The first-order valence-corrected chi connectivity index (χ1v) is 13.5. The fourth-order valence-corrected chi connectivity index (χ4v) is 4.43. The average Bonchev–Trinajstić information content (AvgIpc) is 2.96. The van der Waals surface area contributed by atoms with Crippen LogP contribution in [-0.4, -0.2) is 31.6 Å². The van der Waals surface area contributed by atoms with Crippen LogP contribution in [0.1, 0.15) is 43.7 Å². The highest BCUT2D eigenvalue weighted by molar-refractivity contribution is 6.39. The van der Waals surface area contributed by atoms with Crippen molar-refractivity contribution in [3.05, 3.63) is 88.5 Å². The van der Waals surface area contributed by atoms with Crippen molar-refractivity contribution in [3.63, 3.8) is 0 Å². The maximum absolute atomic E-state index is 13.3. The average molecular weight is 563 g/mol. The molecule has 0 bridgehead atoms. The number of halogens is 1. The van der Waals surface area contributed by atoms with Gasteiger partial charge in [0.2, 0.25) is 0 Å². The van der Waals surface area contributed by atoms with E-state index >= 15 is 0 Å². The van der Waals surface area contributed by atoms with E-state index in [1.54, 1.807) is 36.4 Å². The van der Waals surface area contributed by atoms with Crippen molar-refractivity contribution in [2.45, 2.75) is 39.2 Å². The van der Waals surface area contributed by atoms with E-state index in [0.717, 1.165) is 36.1 Å². The fourth-order valence-electron chi connectivity index (χ4n) is 4.16. The highest BCUT2D eigenvalue weighted by Crippen LogP contribution is 2.37. The summed E-state index contributed by atoms with van der Waals surface area (Å²) >= 11 is 6.48. The Bertz CT molecular complexity index is 1390. The van der Waals surface area contributed by atoms with Gasteiger partial charge in [0.1, 0.15) is 17.9 Å². The van der Waals surface area contributed by atoms with Crippen molar-refractivity contribution in [2.24, 2.45) is 0 Å². The Morgan fingerprint density at radius 1 is 0.925 bits per heavy atom. The summed E-state index contributed by atoms with van der Waals surface area (Å²) in [4.78, 5) is 39.5. The van der Waals surface area contributed by atoms with Crippen LogP contribution in [0.5, 0.6) is 17.2 Å². The number of nitrogens with zero attached hydrogens (tertiary/aromatic N) is 1. The van der Waals surface area contributed by atoms with Crippen molar-refractivity contribution >= 4 is 41.2 Å². The third-order valence-corrected chi connectivity index (χ3v) is 6.53. The Hall–Kier alpha value is -4.30. The number of carbonyl (C=O) groups excluding carboxylic acids is 3. The number of benzene rings is 3. The number of hydrogen-bond acceptors (Lipinski definition) is 6. The molecule has 4 amide bonds. The van der Waals surface area contributed by atoms with Gasteiger partial charge in [-0.3, -0.25) is 14.9 Å². The van der Waals surface area contributed by atoms with Gasteiger partial charge in [-0.25, -0.2) is 9.69 Å². The minimum Gasteiger partial charge on any atom is -0.493 e. The van der Waals surface area contributed by atoms with Gasteiger partial charge in [0.15, 0.2) is 11.5 Å². The molecule has 0 aliphatic carbocycles. The molecule has 1 N–H and O–H groups in total. The Labute approximate surface area is 238 Å². The number of rotatable bonds is 12. The lowest BCUT2D eigenvalue weighted by Crippen LogP contribution is -2.54. The van der Waals surface area contributed by atoms with Crippen LogP contribution >= 0.6 is 11.6 Å². The van der Waals surface area contributed by atoms with E-state index in [1.165, 1.54) is 13.2 Å². The maximum atomic E-state index is 13.3. The van der Waals surface area contributed by atoms with Crippen LogP contribution in [0.4, 0.5) is 10.5 Å². The van der Waals surface area contributed by atoms with Crippen LogP contribution in [0.2, 0.25) is 5.02 Å². The zero-order valence-electron chi connectivity index (χ0n) is 22.4. The number of urea groups is 1. The first-order valence-electron chi connectivity index (χ1n) is 13.1. The molecule has 0 spiro atoms. The molecule has 1 heterocycles. The summed E-state index contributed by atoms with van der Waals surface area (Å²) in [5, 5.41) is 2.51. The summed E-state index contributed by atoms with van der Waals surface area (Å²) in [5.74, 6) is -0.233. The number of amides is 4. The largest absolute Gasteiger partial charge is 0.493 e.